The fourth-order valence-corrected chi connectivity index (χ4v) is 2.42. The van der Waals surface area contributed by atoms with Crippen LogP contribution in [0.15, 0.2) is 0 Å². The maximum absolute atomic E-state index is 12.3. The van der Waals surface area contributed by atoms with Crippen molar-refractivity contribution in [1.82, 2.24) is 10.2 Å². The van der Waals surface area contributed by atoms with E-state index < -0.39 is 5.41 Å². The molecule has 0 radical (unpaired) electrons. The second-order valence-electron chi connectivity index (χ2n) is 5.69. The first-order valence-corrected chi connectivity index (χ1v) is 7.87. The fraction of sp³-hybridized carbons (Fsp3) is 0.875. The number of hydrogen-bond donors (Lipinski definition) is 1. The van der Waals surface area contributed by atoms with Gasteiger partial charge < -0.3 is 10.2 Å². The highest BCUT2D eigenvalue weighted by Crippen LogP contribution is 2.29. The van der Waals surface area contributed by atoms with Gasteiger partial charge in [0.05, 0.1) is 6.07 Å². The molecule has 4 heteroatoms. The number of carbonyl (C=O) groups is 1. The molecule has 0 aliphatic carbocycles. The summed E-state index contributed by atoms with van der Waals surface area (Å²) >= 11 is 0. The van der Waals surface area contributed by atoms with Crippen molar-refractivity contribution in [1.29, 1.82) is 5.26 Å². The minimum Gasteiger partial charge on any atom is -0.353 e. The van der Waals surface area contributed by atoms with E-state index in [1.807, 2.05) is 13.8 Å². The highest BCUT2D eigenvalue weighted by molar-refractivity contribution is 5.85. The molecule has 0 fully saturated rings. The zero-order chi connectivity index (χ0) is 15.6. The average molecular weight is 281 g/mol. The number of nitrogens with one attached hydrogen (secondary N) is 1. The van der Waals surface area contributed by atoms with Gasteiger partial charge in [0.25, 0.3) is 0 Å². The van der Waals surface area contributed by atoms with Crippen LogP contribution < -0.4 is 5.32 Å². The van der Waals surface area contributed by atoms with Crippen molar-refractivity contribution >= 4 is 5.91 Å². The first-order chi connectivity index (χ1) is 9.47. The predicted octanol–water partition coefficient (Wildman–Crippen LogP) is 2.94. The summed E-state index contributed by atoms with van der Waals surface area (Å²) < 4.78 is 0. The molecule has 0 aromatic rings. The Balaban J connectivity index is 4.45. The van der Waals surface area contributed by atoms with E-state index in [1.54, 1.807) is 0 Å². The minimum absolute atomic E-state index is 0.0961. The molecular formula is C16H31N3O. The maximum Gasteiger partial charge on any atom is 0.240 e. The Bertz CT molecular complexity index is 316. The Morgan fingerprint density at radius 1 is 1.30 bits per heavy atom. The van der Waals surface area contributed by atoms with Crippen LogP contribution in [-0.2, 0) is 4.79 Å². The van der Waals surface area contributed by atoms with Gasteiger partial charge in [-0.15, -0.1) is 0 Å². The quantitative estimate of drug-likeness (QED) is 0.670. The van der Waals surface area contributed by atoms with E-state index in [1.165, 1.54) is 0 Å². The lowest BCUT2D eigenvalue weighted by atomic mass is 9.80. The van der Waals surface area contributed by atoms with Crippen LogP contribution in [-0.4, -0.2) is 37.0 Å². The normalized spacial score (nSPS) is 13.1. The van der Waals surface area contributed by atoms with Crippen LogP contribution in [0.25, 0.3) is 0 Å². The molecule has 0 saturated heterocycles. The topological polar surface area (TPSA) is 56.1 Å². The van der Waals surface area contributed by atoms with Gasteiger partial charge in [-0.05, 0) is 33.2 Å². The van der Waals surface area contributed by atoms with E-state index in [0.717, 1.165) is 25.8 Å². The molecule has 0 aliphatic heterocycles. The van der Waals surface area contributed by atoms with E-state index in [4.69, 9.17) is 0 Å². The third kappa shape index (κ3) is 5.50. The molecule has 1 atom stereocenters. The van der Waals surface area contributed by atoms with Crippen LogP contribution in [0.3, 0.4) is 0 Å². The van der Waals surface area contributed by atoms with Crippen LogP contribution in [0.5, 0.6) is 0 Å². The molecule has 0 aromatic heterocycles. The van der Waals surface area contributed by atoms with E-state index in [9.17, 15) is 10.1 Å². The molecule has 0 spiro atoms. The molecule has 0 bridgehead atoms. The van der Waals surface area contributed by atoms with Crippen LogP contribution in [0.4, 0.5) is 0 Å². The van der Waals surface area contributed by atoms with Crippen LogP contribution in [0, 0.1) is 16.7 Å². The van der Waals surface area contributed by atoms with E-state index in [2.05, 4.69) is 37.2 Å². The van der Waals surface area contributed by atoms with Crippen LogP contribution in [0.1, 0.15) is 59.8 Å². The third-order valence-corrected chi connectivity index (χ3v) is 4.10. The van der Waals surface area contributed by atoms with Crippen LogP contribution >= 0.6 is 0 Å². The van der Waals surface area contributed by atoms with Crippen molar-refractivity contribution in [2.24, 2.45) is 5.41 Å². The molecule has 0 heterocycles. The molecule has 1 unspecified atom stereocenters. The second-order valence-corrected chi connectivity index (χ2v) is 5.69. The van der Waals surface area contributed by atoms with E-state index in [-0.39, 0.29) is 5.91 Å². The zero-order valence-electron chi connectivity index (χ0n) is 13.8. The monoisotopic (exact) mass is 281 g/mol. The lowest BCUT2D eigenvalue weighted by Crippen LogP contribution is -2.43. The molecule has 0 rings (SSSR count). The lowest BCUT2D eigenvalue weighted by Gasteiger charge is -2.27. The summed E-state index contributed by atoms with van der Waals surface area (Å²) in [5.74, 6) is -0.0961. The molecule has 0 saturated carbocycles. The van der Waals surface area contributed by atoms with Gasteiger partial charge in [-0.1, -0.05) is 33.6 Å². The summed E-state index contributed by atoms with van der Waals surface area (Å²) in [5, 5.41) is 12.4. The van der Waals surface area contributed by atoms with Gasteiger partial charge in [0, 0.05) is 19.1 Å². The Hall–Kier alpha value is -1.08. The SMILES string of the molecule is CCCC(C#N)(CCC)C(=O)NCCN(C)C(C)CC. The van der Waals surface area contributed by atoms with Crippen molar-refractivity contribution in [3.8, 4) is 6.07 Å². The van der Waals surface area contributed by atoms with Gasteiger partial charge in [-0.3, -0.25) is 4.79 Å². The fourth-order valence-electron chi connectivity index (χ4n) is 2.42. The standard InChI is InChI=1S/C16H31N3O/c1-6-9-16(13-17,10-7-2)15(20)18-11-12-19(5)14(4)8-3/h14H,6-12H2,1-5H3,(H,18,20). The highest BCUT2D eigenvalue weighted by Gasteiger charge is 2.36. The molecule has 0 aliphatic rings. The molecule has 0 aromatic carbocycles. The first-order valence-electron chi connectivity index (χ1n) is 7.87. The summed E-state index contributed by atoms with van der Waals surface area (Å²) in [6.07, 6.45) is 4.09. The van der Waals surface area contributed by atoms with Gasteiger partial charge in [0.15, 0.2) is 0 Å². The largest absolute Gasteiger partial charge is 0.353 e. The number of amides is 1. The Labute approximate surface area is 124 Å². The van der Waals surface area contributed by atoms with Gasteiger partial charge in [0.2, 0.25) is 5.91 Å². The van der Waals surface area contributed by atoms with Gasteiger partial charge >= 0.3 is 0 Å². The summed E-state index contributed by atoms with van der Waals surface area (Å²) in [7, 11) is 2.07. The molecule has 1 N–H and O–H groups in total. The molecule has 20 heavy (non-hydrogen) atoms. The van der Waals surface area contributed by atoms with E-state index in [0.29, 0.717) is 25.4 Å². The Morgan fingerprint density at radius 3 is 2.25 bits per heavy atom. The predicted molar refractivity (Wildman–Crippen MR) is 83.3 cm³/mol. The molecule has 116 valence electrons. The number of nitrogens with zero attached hydrogens (tertiary/aromatic N) is 2. The number of likely N-dealkylation sites (N-methyl/N-ethyl adjacent to an activating group) is 1. The number of carbonyl (C=O) groups excluding carboxylic acids is 1. The maximum atomic E-state index is 12.3. The summed E-state index contributed by atoms with van der Waals surface area (Å²) in [5.41, 5.74) is -0.835. The van der Waals surface area contributed by atoms with Gasteiger partial charge in [-0.2, -0.15) is 5.26 Å². The molecular weight excluding hydrogens is 250 g/mol. The molecule has 4 nitrogen and oxygen atoms in total. The van der Waals surface area contributed by atoms with Crippen molar-refractivity contribution in [2.75, 3.05) is 20.1 Å². The second kappa shape index (κ2) is 9.77. The highest BCUT2D eigenvalue weighted by atomic mass is 16.2. The van der Waals surface area contributed by atoms with Gasteiger partial charge in [0.1, 0.15) is 5.41 Å². The van der Waals surface area contributed by atoms with Gasteiger partial charge in [-0.25, -0.2) is 0 Å². The first kappa shape index (κ1) is 18.9. The van der Waals surface area contributed by atoms with Crippen molar-refractivity contribution in [3.63, 3.8) is 0 Å². The Morgan fingerprint density at radius 2 is 1.85 bits per heavy atom. The number of hydrogen-bond acceptors (Lipinski definition) is 3. The summed E-state index contributed by atoms with van der Waals surface area (Å²) in [4.78, 5) is 14.6. The number of rotatable bonds is 10. The minimum atomic E-state index is -0.835. The van der Waals surface area contributed by atoms with E-state index >= 15 is 0 Å². The third-order valence-electron chi connectivity index (χ3n) is 4.10. The summed E-state index contributed by atoms with van der Waals surface area (Å²) in [6, 6.07) is 2.78. The summed E-state index contributed by atoms with van der Waals surface area (Å²) in [6.45, 7) is 9.80. The average Bonchev–Trinajstić information content (AvgIpc) is 2.45. The van der Waals surface area contributed by atoms with Crippen molar-refractivity contribution in [2.45, 2.75) is 65.8 Å². The lowest BCUT2D eigenvalue weighted by molar-refractivity contribution is -0.129. The van der Waals surface area contributed by atoms with Crippen molar-refractivity contribution < 1.29 is 4.79 Å². The zero-order valence-corrected chi connectivity index (χ0v) is 13.8. The molecule has 1 amide bonds. The van der Waals surface area contributed by atoms with Crippen molar-refractivity contribution in [3.05, 3.63) is 0 Å². The van der Waals surface area contributed by atoms with Crippen LogP contribution in [0.2, 0.25) is 0 Å². The number of nitriles is 1. The Kier molecular flexibility index (Phi) is 9.24. The smallest absolute Gasteiger partial charge is 0.240 e.